The molecule has 0 aliphatic carbocycles. The normalized spacial score (nSPS) is 11.3. The number of rotatable bonds is 9. The average Bonchev–Trinajstić information content (AvgIpc) is 2.50. The fourth-order valence-corrected chi connectivity index (χ4v) is 1.94. The highest BCUT2D eigenvalue weighted by Crippen LogP contribution is 2.24. The van der Waals surface area contributed by atoms with Gasteiger partial charge in [0.25, 0.3) is 5.92 Å². The van der Waals surface area contributed by atoms with E-state index in [1.807, 2.05) is 38.1 Å². The number of alkyl halides is 2. The van der Waals surface area contributed by atoms with Gasteiger partial charge in [0.2, 0.25) is 0 Å². The van der Waals surface area contributed by atoms with Crippen molar-refractivity contribution in [3.8, 4) is 5.75 Å². The summed E-state index contributed by atoms with van der Waals surface area (Å²) in [6, 6.07) is 7.38. The van der Waals surface area contributed by atoms with Crippen molar-refractivity contribution >= 4 is 0 Å². The van der Waals surface area contributed by atoms with Crippen LogP contribution in [0.1, 0.15) is 38.7 Å². The van der Waals surface area contributed by atoms with Gasteiger partial charge in [-0.15, -0.1) is 0 Å². The van der Waals surface area contributed by atoms with Gasteiger partial charge in [-0.3, -0.25) is 0 Å². The van der Waals surface area contributed by atoms with E-state index in [0.717, 1.165) is 23.0 Å². The summed E-state index contributed by atoms with van der Waals surface area (Å²) in [5, 5.41) is 0. The van der Waals surface area contributed by atoms with Crippen LogP contribution in [0.2, 0.25) is 0 Å². The van der Waals surface area contributed by atoms with Crippen LogP contribution < -0.4 is 4.74 Å². The standard InChI is InChI=1S/C17H24F2O2/c1-4-14(5-2)12-17(18,19)10-11-21-13-15-6-8-16(20-3)9-7-15/h6-9,12H,4-5,10-11,13H2,1-3H3. The first-order chi connectivity index (χ1) is 10.0. The van der Waals surface area contributed by atoms with Crippen molar-refractivity contribution in [1.82, 2.24) is 0 Å². The molecule has 0 saturated carbocycles. The van der Waals surface area contributed by atoms with Crippen LogP contribution in [0.3, 0.4) is 0 Å². The van der Waals surface area contributed by atoms with Gasteiger partial charge >= 0.3 is 0 Å². The first-order valence-corrected chi connectivity index (χ1v) is 7.29. The maximum Gasteiger partial charge on any atom is 0.268 e. The minimum atomic E-state index is -2.79. The summed E-state index contributed by atoms with van der Waals surface area (Å²) in [6.07, 6.45) is 2.13. The molecule has 0 spiro atoms. The van der Waals surface area contributed by atoms with Gasteiger partial charge in [0, 0.05) is 6.42 Å². The summed E-state index contributed by atoms with van der Waals surface area (Å²) >= 11 is 0. The molecular formula is C17H24F2O2. The fourth-order valence-electron chi connectivity index (χ4n) is 1.94. The lowest BCUT2D eigenvalue weighted by molar-refractivity contribution is 0.00415. The smallest absolute Gasteiger partial charge is 0.268 e. The number of allylic oxidation sites excluding steroid dienone is 2. The molecule has 0 atom stereocenters. The molecule has 0 aliphatic heterocycles. The average molecular weight is 298 g/mol. The first kappa shape index (κ1) is 17.6. The second kappa shape index (κ2) is 8.78. The summed E-state index contributed by atoms with van der Waals surface area (Å²) < 4.78 is 37.8. The second-order valence-corrected chi connectivity index (χ2v) is 4.92. The van der Waals surface area contributed by atoms with Crippen LogP contribution in [0, 0.1) is 0 Å². The van der Waals surface area contributed by atoms with Crippen molar-refractivity contribution in [3.05, 3.63) is 41.5 Å². The number of methoxy groups -OCH3 is 1. The number of halogens is 2. The summed E-state index contributed by atoms with van der Waals surface area (Å²) in [5.74, 6) is -2.02. The molecule has 0 fully saturated rings. The Labute approximate surface area is 125 Å². The molecule has 1 aromatic carbocycles. The Morgan fingerprint density at radius 1 is 1.14 bits per heavy atom. The zero-order valence-electron chi connectivity index (χ0n) is 13.0. The van der Waals surface area contributed by atoms with Gasteiger partial charge < -0.3 is 9.47 Å². The lowest BCUT2D eigenvalue weighted by Crippen LogP contribution is -2.16. The van der Waals surface area contributed by atoms with E-state index in [2.05, 4.69) is 0 Å². The molecule has 1 aromatic rings. The lowest BCUT2D eigenvalue weighted by atomic mass is 10.1. The van der Waals surface area contributed by atoms with E-state index in [-0.39, 0.29) is 13.0 Å². The monoisotopic (exact) mass is 298 g/mol. The van der Waals surface area contributed by atoms with Crippen LogP contribution in [-0.2, 0) is 11.3 Å². The van der Waals surface area contributed by atoms with E-state index in [0.29, 0.717) is 19.4 Å². The van der Waals surface area contributed by atoms with Gasteiger partial charge in [-0.05, 0) is 36.6 Å². The van der Waals surface area contributed by atoms with Crippen molar-refractivity contribution in [2.45, 2.75) is 45.6 Å². The minimum Gasteiger partial charge on any atom is -0.497 e. The van der Waals surface area contributed by atoms with Crippen molar-refractivity contribution in [3.63, 3.8) is 0 Å². The van der Waals surface area contributed by atoms with Crippen LogP contribution in [-0.4, -0.2) is 19.6 Å². The Bertz CT molecular complexity index is 433. The Balaban J connectivity index is 2.37. The third kappa shape index (κ3) is 6.71. The molecule has 21 heavy (non-hydrogen) atoms. The Morgan fingerprint density at radius 3 is 2.29 bits per heavy atom. The minimum absolute atomic E-state index is 0.0379. The van der Waals surface area contributed by atoms with Gasteiger partial charge in [-0.25, -0.2) is 8.78 Å². The summed E-state index contributed by atoms with van der Waals surface area (Å²) in [5.41, 5.74) is 1.73. The van der Waals surface area contributed by atoms with E-state index < -0.39 is 5.92 Å². The summed E-state index contributed by atoms with van der Waals surface area (Å²) in [7, 11) is 1.60. The van der Waals surface area contributed by atoms with Gasteiger partial charge in [-0.2, -0.15) is 0 Å². The summed E-state index contributed by atoms with van der Waals surface area (Å²) in [4.78, 5) is 0. The Hall–Kier alpha value is -1.42. The third-order valence-corrected chi connectivity index (χ3v) is 3.33. The van der Waals surface area contributed by atoms with E-state index in [4.69, 9.17) is 9.47 Å². The van der Waals surface area contributed by atoms with Crippen LogP contribution in [0.5, 0.6) is 5.75 Å². The van der Waals surface area contributed by atoms with Crippen LogP contribution in [0.4, 0.5) is 8.78 Å². The quantitative estimate of drug-likeness (QED) is 0.472. The molecule has 2 nitrogen and oxygen atoms in total. The predicted molar refractivity (Wildman–Crippen MR) is 80.9 cm³/mol. The molecule has 0 unspecified atom stereocenters. The topological polar surface area (TPSA) is 18.5 Å². The molecule has 118 valence electrons. The van der Waals surface area contributed by atoms with Crippen molar-refractivity contribution in [1.29, 1.82) is 0 Å². The Kier molecular flexibility index (Phi) is 7.37. The molecule has 0 N–H and O–H groups in total. The molecule has 0 aromatic heterocycles. The molecule has 0 aliphatic rings. The van der Waals surface area contributed by atoms with Crippen molar-refractivity contribution in [2.75, 3.05) is 13.7 Å². The maximum atomic E-state index is 13.7. The van der Waals surface area contributed by atoms with Crippen LogP contribution in [0.15, 0.2) is 35.9 Å². The molecule has 0 radical (unpaired) electrons. The molecular weight excluding hydrogens is 274 g/mol. The highest BCUT2D eigenvalue weighted by atomic mass is 19.3. The SMILES string of the molecule is CCC(=CC(F)(F)CCOCc1ccc(OC)cc1)CC. The number of hydrogen-bond acceptors (Lipinski definition) is 2. The predicted octanol–water partition coefficient (Wildman–Crippen LogP) is 4.98. The first-order valence-electron chi connectivity index (χ1n) is 7.29. The molecule has 0 amide bonds. The van der Waals surface area contributed by atoms with E-state index in [1.54, 1.807) is 7.11 Å². The van der Waals surface area contributed by atoms with Gasteiger partial charge in [-0.1, -0.05) is 31.6 Å². The van der Waals surface area contributed by atoms with Crippen LogP contribution >= 0.6 is 0 Å². The van der Waals surface area contributed by atoms with E-state index in [9.17, 15) is 8.78 Å². The molecule has 0 bridgehead atoms. The largest absolute Gasteiger partial charge is 0.497 e. The zero-order chi connectivity index (χ0) is 15.7. The number of hydrogen-bond donors (Lipinski definition) is 0. The van der Waals surface area contributed by atoms with E-state index in [1.165, 1.54) is 0 Å². The van der Waals surface area contributed by atoms with Crippen LogP contribution in [0.25, 0.3) is 0 Å². The highest BCUT2D eigenvalue weighted by Gasteiger charge is 2.25. The van der Waals surface area contributed by atoms with Crippen molar-refractivity contribution in [2.24, 2.45) is 0 Å². The summed E-state index contributed by atoms with van der Waals surface area (Å²) in [6.45, 7) is 4.16. The van der Waals surface area contributed by atoms with Gasteiger partial charge in [0.05, 0.1) is 20.3 Å². The second-order valence-electron chi connectivity index (χ2n) is 4.92. The third-order valence-electron chi connectivity index (χ3n) is 3.33. The number of ether oxygens (including phenoxy) is 2. The lowest BCUT2D eigenvalue weighted by Gasteiger charge is -2.14. The van der Waals surface area contributed by atoms with Crippen molar-refractivity contribution < 1.29 is 18.3 Å². The Morgan fingerprint density at radius 2 is 1.76 bits per heavy atom. The van der Waals surface area contributed by atoms with Gasteiger partial charge in [0.15, 0.2) is 0 Å². The molecule has 4 heteroatoms. The molecule has 0 heterocycles. The highest BCUT2D eigenvalue weighted by molar-refractivity contribution is 5.26. The zero-order valence-corrected chi connectivity index (χ0v) is 13.0. The molecule has 1 rings (SSSR count). The maximum absolute atomic E-state index is 13.7. The molecule has 0 saturated heterocycles. The van der Waals surface area contributed by atoms with E-state index >= 15 is 0 Å². The fraction of sp³-hybridized carbons (Fsp3) is 0.529. The van der Waals surface area contributed by atoms with Gasteiger partial charge in [0.1, 0.15) is 5.75 Å². The number of benzene rings is 1.